The average molecular weight is 469 g/mol. The zero-order chi connectivity index (χ0) is 24.6. The quantitative estimate of drug-likeness (QED) is 0.367. The maximum absolute atomic E-state index is 9.49. The van der Waals surface area contributed by atoms with Crippen molar-refractivity contribution < 1.29 is 19.8 Å². The molecule has 0 aliphatic heterocycles. The highest BCUT2D eigenvalue weighted by atomic mass is 31.2. The Balaban J connectivity index is -0.000000153. The summed E-state index contributed by atoms with van der Waals surface area (Å²) in [4.78, 5) is 19.0. The van der Waals surface area contributed by atoms with E-state index in [1.807, 2.05) is 0 Å². The van der Waals surface area contributed by atoms with Crippen molar-refractivity contribution in [3.8, 4) is 0 Å². The Morgan fingerprint density at radius 2 is 0.633 bits per heavy atom. The van der Waals surface area contributed by atoms with E-state index in [-0.39, 0.29) is 12.8 Å². The summed E-state index contributed by atoms with van der Waals surface area (Å²) in [5.74, 6) is -1.92. The van der Waals surface area contributed by atoms with Crippen molar-refractivity contribution in [1.82, 2.24) is 0 Å². The maximum atomic E-state index is 9.49. The smallest absolute Gasteiger partial charge is 0.0565 e. The summed E-state index contributed by atoms with van der Waals surface area (Å²) in [6, 6.07) is 0. The Kier molecular flexibility index (Phi) is 31.0. The molecule has 0 aliphatic rings. The van der Waals surface area contributed by atoms with Crippen LogP contribution in [-0.2, 0) is 9.59 Å². The first-order valence-corrected chi connectivity index (χ1v) is 17.2. The molecule has 0 saturated heterocycles. The molecule has 0 saturated carbocycles. The van der Waals surface area contributed by atoms with Crippen LogP contribution in [0.3, 0.4) is 0 Å². The van der Waals surface area contributed by atoms with Crippen LogP contribution in [0, 0.1) is 0 Å². The standard InChI is InChI=1S/2C8H20P.2C4H8O2/c2*1-5-9(6-2,7-3)8-4;2*1-2-3-4(5)6/h2*5-8H2,1-4H3;2*2-3H2,1H3,(H,5,6)/q2*+1;;/p-2. The lowest BCUT2D eigenvalue weighted by Gasteiger charge is -2.20. The second kappa shape index (κ2) is 25.1. The van der Waals surface area contributed by atoms with Gasteiger partial charge in [0.2, 0.25) is 0 Å². The number of carbonyl (C=O) groups excluding carboxylic acids is 2. The first-order valence-electron chi connectivity index (χ1n) is 12.1. The molecule has 0 radical (unpaired) electrons. The van der Waals surface area contributed by atoms with Crippen LogP contribution in [-0.4, -0.2) is 61.2 Å². The lowest BCUT2D eigenvalue weighted by Crippen LogP contribution is -2.20. The Bertz CT molecular complexity index is 308. The van der Waals surface area contributed by atoms with Crippen molar-refractivity contribution in [1.29, 1.82) is 0 Å². The number of carboxylic acids is 2. The van der Waals surface area contributed by atoms with E-state index in [9.17, 15) is 19.8 Å². The van der Waals surface area contributed by atoms with Gasteiger partial charge in [0.15, 0.2) is 0 Å². The summed E-state index contributed by atoms with van der Waals surface area (Å²) in [5, 5.41) is 19.0. The highest BCUT2D eigenvalue weighted by molar-refractivity contribution is 7.76. The molecule has 30 heavy (non-hydrogen) atoms. The predicted octanol–water partition coefficient (Wildman–Crippen LogP) is 5.24. The Hall–Kier alpha value is -0.200. The average Bonchev–Trinajstić information content (AvgIpc) is 2.73. The summed E-state index contributed by atoms with van der Waals surface area (Å²) in [5.41, 5.74) is 0. The third kappa shape index (κ3) is 22.5. The largest absolute Gasteiger partial charge is 0.550 e. The first kappa shape index (κ1) is 37.1. The van der Waals surface area contributed by atoms with Crippen LogP contribution in [0.4, 0.5) is 0 Å². The van der Waals surface area contributed by atoms with Gasteiger partial charge in [0.25, 0.3) is 0 Å². The van der Waals surface area contributed by atoms with Crippen LogP contribution in [0.25, 0.3) is 0 Å². The molecule has 184 valence electrons. The molecule has 0 spiro atoms. The van der Waals surface area contributed by atoms with Crippen LogP contribution in [0.5, 0.6) is 0 Å². The van der Waals surface area contributed by atoms with Crippen molar-refractivity contribution in [3.63, 3.8) is 0 Å². The monoisotopic (exact) mass is 468 g/mol. The zero-order valence-corrected chi connectivity index (χ0v) is 23.8. The predicted molar refractivity (Wildman–Crippen MR) is 138 cm³/mol. The van der Waals surface area contributed by atoms with Crippen molar-refractivity contribution in [2.24, 2.45) is 0 Å². The van der Waals surface area contributed by atoms with Gasteiger partial charge in [-0.3, -0.25) is 0 Å². The van der Waals surface area contributed by atoms with E-state index in [2.05, 4.69) is 55.4 Å². The minimum atomic E-state index is -0.961. The Morgan fingerprint density at radius 1 is 0.467 bits per heavy atom. The van der Waals surface area contributed by atoms with Crippen LogP contribution >= 0.6 is 14.5 Å². The summed E-state index contributed by atoms with van der Waals surface area (Å²) < 4.78 is 0. The summed E-state index contributed by atoms with van der Waals surface area (Å²) in [6.45, 7) is 22.4. The summed E-state index contributed by atoms with van der Waals surface area (Å²) >= 11 is 0. The fourth-order valence-corrected chi connectivity index (χ4v) is 8.46. The number of carboxylic acid groups (broad SMARTS) is 2. The number of carbonyl (C=O) groups is 2. The molecule has 6 heteroatoms. The molecule has 0 bridgehead atoms. The molecule has 0 aromatic carbocycles. The van der Waals surface area contributed by atoms with Crippen LogP contribution in [0.2, 0.25) is 0 Å². The van der Waals surface area contributed by atoms with Crippen LogP contribution in [0.15, 0.2) is 0 Å². The topological polar surface area (TPSA) is 80.3 Å². The van der Waals surface area contributed by atoms with Gasteiger partial charge in [0, 0.05) is 26.5 Å². The molecular weight excluding hydrogens is 414 g/mol. The third-order valence-corrected chi connectivity index (χ3v) is 17.0. The van der Waals surface area contributed by atoms with Gasteiger partial charge >= 0.3 is 0 Å². The molecule has 0 atom stereocenters. The van der Waals surface area contributed by atoms with Crippen molar-refractivity contribution in [3.05, 3.63) is 0 Å². The highest BCUT2D eigenvalue weighted by Crippen LogP contribution is 2.57. The van der Waals surface area contributed by atoms with E-state index < -0.39 is 26.5 Å². The Morgan fingerprint density at radius 3 is 0.633 bits per heavy atom. The van der Waals surface area contributed by atoms with E-state index in [4.69, 9.17) is 0 Å². The molecule has 0 fully saturated rings. The van der Waals surface area contributed by atoms with E-state index >= 15 is 0 Å². The lowest BCUT2D eigenvalue weighted by molar-refractivity contribution is -0.307. The van der Waals surface area contributed by atoms with Gasteiger partial charge in [0.1, 0.15) is 0 Å². The zero-order valence-electron chi connectivity index (χ0n) is 22.0. The van der Waals surface area contributed by atoms with Crippen molar-refractivity contribution >= 4 is 26.5 Å². The summed E-state index contributed by atoms with van der Waals surface area (Å²) in [6.07, 6.45) is 13.3. The SMILES string of the molecule is CCCC(=O)[O-].CCCC(=O)[O-].CC[P+](CC)(CC)CC.CC[P+](CC)(CC)CC. The second-order valence-electron chi connectivity index (χ2n) is 7.46. The fraction of sp³-hybridized carbons (Fsp3) is 0.917. The molecule has 0 aliphatic carbocycles. The van der Waals surface area contributed by atoms with Gasteiger partial charge in [-0.05, 0) is 68.2 Å². The molecule has 0 heterocycles. The van der Waals surface area contributed by atoms with E-state index in [0.29, 0.717) is 12.8 Å². The van der Waals surface area contributed by atoms with Gasteiger partial charge in [0.05, 0.1) is 49.3 Å². The molecule has 0 amide bonds. The Labute approximate surface area is 190 Å². The highest BCUT2D eigenvalue weighted by Gasteiger charge is 2.28. The first-order chi connectivity index (χ1) is 14.0. The van der Waals surface area contributed by atoms with Crippen LogP contribution < -0.4 is 10.2 Å². The maximum Gasteiger partial charge on any atom is 0.0565 e. The molecule has 0 aromatic heterocycles. The molecule has 4 nitrogen and oxygen atoms in total. The van der Waals surface area contributed by atoms with Gasteiger partial charge in [-0.25, -0.2) is 0 Å². The minimum absolute atomic E-state index is 0.181. The lowest BCUT2D eigenvalue weighted by atomic mass is 10.4. The fourth-order valence-electron chi connectivity index (χ4n) is 3.09. The number of hydrogen-bond donors (Lipinski definition) is 0. The normalized spacial score (nSPS) is 10.5. The molecule has 0 unspecified atom stereocenters. The van der Waals surface area contributed by atoms with E-state index in [0.717, 1.165) is 0 Å². The van der Waals surface area contributed by atoms with Gasteiger partial charge < -0.3 is 19.8 Å². The molecular formula is C24H54O4P2. The van der Waals surface area contributed by atoms with E-state index in [1.165, 1.54) is 49.3 Å². The number of aliphatic carboxylic acids is 2. The summed E-state index contributed by atoms with van der Waals surface area (Å²) in [7, 11) is -0.840. The van der Waals surface area contributed by atoms with Crippen LogP contribution in [0.1, 0.15) is 94.9 Å². The number of hydrogen-bond acceptors (Lipinski definition) is 4. The van der Waals surface area contributed by atoms with Gasteiger partial charge in [-0.1, -0.05) is 26.7 Å². The van der Waals surface area contributed by atoms with E-state index in [1.54, 1.807) is 13.8 Å². The number of rotatable bonds is 12. The van der Waals surface area contributed by atoms with Gasteiger partial charge in [-0.2, -0.15) is 0 Å². The molecule has 0 rings (SSSR count). The molecule has 0 aromatic rings. The minimum Gasteiger partial charge on any atom is -0.550 e. The van der Waals surface area contributed by atoms with Gasteiger partial charge in [-0.15, -0.1) is 0 Å². The third-order valence-electron chi connectivity index (χ3n) is 6.27. The molecule has 0 N–H and O–H groups in total. The van der Waals surface area contributed by atoms with Crippen molar-refractivity contribution in [2.45, 2.75) is 94.9 Å². The van der Waals surface area contributed by atoms with Crippen molar-refractivity contribution in [2.75, 3.05) is 49.3 Å². The second-order valence-corrected chi connectivity index (χ2v) is 17.9.